The maximum atomic E-state index is 12.9. The van der Waals surface area contributed by atoms with Gasteiger partial charge in [-0.05, 0) is 6.07 Å². The molecule has 2 saturated heterocycles. The molecular formula is C18H25N5O4. The first-order valence-corrected chi connectivity index (χ1v) is 8.96. The van der Waals surface area contributed by atoms with Gasteiger partial charge in [-0.3, -0.25) is 14.4 Å². The number of carbonyl (C=O) groups excluding carboxylic acids is 3. The van der Waals surface area contributed by atoms with Crippen LogP contribution in [-0.2, 0) is 16.1 Å². The molecule has 9 heteroatoms. The van der Waals surface area contributed by atoms with Gasteiger partial charge in [0.15, 0.2) is 0 Å². The summed E-state index contributed by atoms with van der Waals surface area (Å²) in [6.07, 6.45) is 1.86. The van der Waals surface area contributed by atoms with E-state index in [-0.39, 0.29) is 36.4 Å². The second kappa shape index (κ2) is 7.42. The third kappa shape index (κ3) is 4.12. The molecule has 0 saturated carbocycles. The number of hydrogen-bond donors (Lipinski definition) is 1. The number of aromatic nitrogens is 1. The summed E-state index contributed by atoms with van der Waals surface area (Å²) in [6, 6.07) is 4.61. The zero-order valence-electron chi connectivity index (χ0n) is 15.7. The molecule has 0 bridgehead atoms. The zero-order valence-corrected chi connectivity index (χ0v) is 15.7. The minimum Gasteiger partial charge on any atom is -0.355 e. The molecule has 1 atom stereocenters. The van der Waals surface area contributed by atoms with Crippen LogP contribution in [0.15, 0.2) is 29.2 Å². The van der Waals surface area contributed by atoms with Crippen molar-refractivity contribution >= 4 is 17.8 Å². The summed E-state index contributed by atoms with van der Waals surface area (Å²) in [6.45, 7) is 1.93. The van der Waals surface area contributed by atoms with E-state index in [1.165, 1.54) is 15.5 Å². The largest absolute Gasteiger partial charge is 0.355 e. The Balaban J connectivity index is 1.81. The summed E-state index contributed by atoms with van der Waals surface area (Å²) in [5.74, 6) is -0.262. The van der Waals surface area contributed by atoms with Crippen LogP contribution in [0.2, 0.25) is 0 Å². The van der Waals surface area contributed by atoms with E-state index in [2.05, 4.69) is 5.32 Å². The lowest BCUT2D eigenvalue weighted by atomic mass is 9.86. The van der Waals surface area contributed by atoms with Crippen molar-refractivity contribution in [1.29, 1.82) is 0 Å². The highest BCUT2D eigenvalue weighted by Gasteiger charge is 2.45. The van der Waals surface area contributed by atoms with Crippen LogP contribution in [0.5, 0.6) is 0 Å². The summed E-state index contributed by atoms with van der Waals surface area (Å²) in [4.78, 5) is 54.0. The first-order valence-electron chi connectivity index (χ1n) is 8.96. The second-order valence-corrected chi connectivity index (χ2v) is 7.53. The Morgan fingerprint density at radius 2 is 1.85 bits per heavy atom. The van der Waals surface area contributed by atoms with E-state index in [9.17, 15) is 19.2 Å². The van der Waals surface area contributed by atoms with Gasteiger partial charge in [0.1, 0.15) is 6.54 Å². The Kier molecular flexibility index (Phi) is 5.20. The highest BCUT2D eigenvalue weighted by atomic mass is 16.2. The van der Waals surface area contributed by atoms with Crippen molar-refractivity contribution in [1.82, 2.24) is 24.6 Å². The molecule has 1 aromatic heterocycles. The average molecular weight is 375 g/mol. The van der Waals surface area contributed by atoms with Crippen molar-refractivity contribution in [3.8, 4) is 0 Å². The number of carbonyl (C=O) groups is 3. The van der Waals surface area contributed by atoms with Crippen LogP contribution in [0.1, 0.15) is 6.42 Å². The van der Waals surface area contributed by atoms with Gasteiger partial charge in [-0.1, -0.05) is 6.07 Å². The predicted octanol–water partition coefficient (Wildman–Crippen LogP) is -0.820. The van der Waals surface area contributed by atoms with Crippen LogP contribution >= 0.6 is 0 Å². The molecule has 3 rings (SSSR count). The van der Waals surface area contributed by atoms with E-state index in [1.54, 1.807) is 42.2 Å². The van der Waals surface area contributed by atoms with Crippen molar-refractivity contribution < 1.29 is 14.4 Å². The van der Waals surface area contributed by atoms with Gasteiger partial charge in [-0.25, -0.2) is 4.79 Å². The Labute approximate surface area is 157 Å². The van der Waals surface area contributed by atoms with Crippen LogP contribution in [-0.4, -0.2) is 83.9 Å². The fourth-order valence-corrected chi connectivity index (χ4v) is 3.73. The van der Waals surface area contributed by atoms with Crippen LogP contribution < -0.4 is 10.9 Å². The number of urea groups is 1. The number of hydrogen-bond acceptors (Lipinski definition) is 4. The molecule has 9 nitrogen and oxygen atoms in total. The molecule has 1 N–H and O–H groups in total. The smallest absolute Gasteiger partial charge is 0.319 e. The average Bonchev–Trinajstić information content (AvgIpc) is 2.87. The Hall–Kier alpha value is -2.84. The van der Waals surface area contributed by atoms with Gasteiger partial charge in [0, 0.05) is 70.9 Å². The minimum atomic E-state index is -0.503. The summed E-state index contributed by atoms with van der Waals surface area (Å²) in [5, 5.41) is 2.83. The molecular weight excluding hydrogens is 350 g/mol. The number of nitrogens with one attached hydrogen (secondary N) is 1. The first kappa shape index (κ1) is 18.9. The molecule has 2 fully saturated rings. The van der Waals surface area contributed by atoms with E-state index >= 15 is 0 Å². The highest BCUT2D eigenvalue weighted by Crippen LogP contribution is 2.31. The van der Waals surface area contributed by atoms with Gasteiger partial charge < -0.3 is 24.6 Å². The molecule has 1 aromatic rings. The lowest BCUT2D eigenvalue weighted by Gasteiger charge is -2.33. The van der Waals surface area contributed by atoms with Crippen LogP contribution in [0.3, 0.4) is 0 Å². The lowest BCUT2D eigenvalue weighted by Crippen LogP contribution is -2.47. The summed E-state index contributed by atoms with van der Waals surface area (Å²) in [5.41, 5.74) is -0.742. The van der Waals surface area contributed by atoms with Gasteiger partial charge in [-0.2, -0.15) is 0 Å². The van der Waals surface area contributed by atoms with Gasteiger partial charge >= 0.3 is 6.03 Å². The molecule has 3 heterocycles. The molecule has 0 aromatic carbocycles. The molecule has 1 spiro atoms. The Morgan fingerprint density at radius 3 is 2.48 bits per heavy atom. The first-order chi connectivity index (χ1) is 12.8. The highest BCUT2D eigenvalue weighted by molar-refractivity contribution is 5.81. The van der Waals surface area contributed by atoms with Crippen molar-refractivity contribution in [2.45, 2.75) is 13.0 Å². The molecule has 2 aliphatic heterocycles. The second-order valence-electron chi connectivity index (χ2n) is 7.53. The van der Waals surface area contributed by atoms with Gasteiger partial charge in [0.05, 0.1) is 0 Å². The van der Waals surface area contributed by atoms with Crippen molar-refractivity contribution in [3.05, 3.63) is 34.7 Å². The van der Waals surface area contributed by atoms with Gasteiger partial charge in [-0.15, -0.1) is 0 Å². The molecule has 0 radical (unpaired) electrons. The van der Waals surface area contributed by atoms with Crippen molar-refractivity contribution in [2.75, 3.05) is 46.8 Å². The molecule has 1 unspecified atom stereocenters. The van der Waals surface area contributed by atoms with E-state index in [0.717, 1.165) is 0 Å². The molecule has 146 valence electrons. The monoisotopic (exact) mass is 375 g/mol. The van der Waals surface area contributed by atoms with Crippen LogP contribution in [0.25, 0.3) is 0 Å². The zero-order chi connectivity index (χ0) is 19.6. The number of pyridine rings is 1. The fourth-order valence-electron chi connectivity index (χ4n) is 3.73. The lowest BCUT2D eigenvalue weighted by molar-refractivity contribution is -0.133. The maximum Gasteiger partial charge on any atom is 0.319 e. The van der Waals surface area contributed by atoms with Gasteiger partial charge in [0.25, 0.3) is 5.56 Å². The quantitative estimate of drug-likeness (QED) is 0.731. The maximum absolute atomic E-state index is 12.9. The summed E-state index contributed by atoms with van der Waals surface area (Å²) in [7, 11) is 3.37. The molecule has 2 aliphatic rings. The van der Waals surface area contributed by atoms with Crippen LogP contribution in [0, 0.1) is 5.41 Å². The standard InChI is InChI=1S/C18H25N5O4/c1-20(2)17(27)23-8-7-22(12-18(13-23)9-14(24)19-11-18)16(26)10-21-6-4-3-5-15(21)25/h3-6H,7-13H2,1-2H3,(H,19,24). The Bertz CT molecular complexity index is 805. The van der Waals surface area contributed by atoms with E-state index in [0.29, 0.717) is 32.7 Å². The van der Waals surface area contributed by atoms with Crippen molar-refractivity contribution in [2.24, 2.45) is 5.41 Å². The number of rotatable bonds is 2. The minimum absolute atomic E-state index is 0.0568. The number of amides is 4. The third-order valence-electron chi connectivity index (χ3n) is 5.10. The Morgan fingerprint density at radius 1 is 1.15 bits per heavy atom. The fraction of sp³-hybridized carbons (Fsp3) is 0.556. The predicted molar refractivity (Wildman–Crippen MR) is 98.0 cm³/mol. The van der Waals surface area contributed by atoms with Gasteiger partial charge in [0.2, 0.25) is 11.8 Å². The molecule has 0 aliphatic carbocycles. The van der Waals surface area contributed by atoms with E-state index in [4.69, 9.17) is 0 Å². The van der Waals surface area contributed by atoms with Crippen LogP contribution in [0.4, 0.5) is 4.79 Å². The summed E-state index contributed by atoms with van der Waals surface area (Å²) >= 11 is 0. The molecule has 4 amide bonds. The normalized spacial score (nSPS) is 22.5. The third-order valence-corrected chi connectivity index (χ3v) is 5.10. The van der Waals surface area contributed by atoms with E-state index in [1.807, 2.05) is 0 Å². The topological polar surface area (TPSA) is 95.0 Å². The summed E-state index contributed by atoms with van der Waals surface area (Å²) < 4.78 is 1.36. The number of nitrogens with zero attached hydrogens (tertiary/aromatic N) is 4. The van der Waals surface area contributed by atoms with Crippen molar-refractivity contribution in [3.63, 3.8) is 0 Å². The molecule has 27 heavy (non-hydrogen) atoms. The SMILES string of the molecule is CN(C)C(=O)N1CCN(C(=O)Cn2ccccc2=O)CC2(CNC(=O)C2)C1. The van der Waals surface area contributed by atoms with E-state index < -0.39 is 5.41 Å².